The SMILES string of the molecule is Cc1[nH]n(-c2ccccc2)c(=O)c1C(=NCCN=C(c1c(C)[nH]n(-c2ccccc2)c1=O)C(F)(F)F)C(F)(F)F. The van der Waals surface area contributed by atoms with Gasteiger partial charge in [0.25, 0.3) is 11.1 Å². The van der Waals surface area contributed by atoms with Gasteiger partial charge >= 0.3 is 12.4 Å². The first kappa shape index (κ1) is 28.4. The highest BCUT2D eigenvalue weighted by Gasteiger charge is 2.41. The largest absolute Gasteiger partial charge is 0.433 e. The molecule has 4 aromatic rings. The van der Waals surface area contributed by atoms with Crippen molar-refractivity contribution in [2.45, 2.75) is 26.2 Å². The van der Waals surface area contributed by atoms with Crippen LogP contribution >= 0.6 is 0 Å². The Morgan fingerprint density at radius 3 is 1.27 bits per heavy atom. The maximum absolute atomic E-state index is 13.9. The molecule has 2 heterocycles. The van der Waals surface area contributed by atoms with Crippen molar-refractivity contribution in [2.24, 2.45) is 9.98 Å². The smallest absolute Gasteiger partial charge is 0.295 e. The number of hydrogen-bond acceptors (Lipinski definition) is 4. The molecule has 8 nitrogen and oxygen atoms in total. The molecule has 2 N–H and O–H groups in total. The van der Waals surface area contributed by atoms with Crippen LogP contribution in [0.1, 0.15) is 22.5 Å². The average molecular weight is 564 g/mol. The zero-order valence-corrected chi connectivity index (χ0v) is 21.1. The molecule has 0 radical (unpaired) electrons. The number of H-pyrrole nitrogens is 2. The summed E-state index contributed by atoms with van der Waals surface area (Å²) in [6.07, 6.45) is -10.2. The van der Waals surface area contributed by atoms with Crippen LogP contribution in [0, 0.1) is 13.8 Å². The number of alkyl halides is 6. The highest BCUT2D eigenvalue weighted by molar-refractivity contribution is 6.06. The van der Waals surface area contributed by atoms with Gasteiger partial charge in [0.15, 0.2) is 11.4 Å². The molecule has 0 aliphatic carbocycles. The number of para-hydroxylation sites is 2. The lowest BCUT2D eigenvalue weighted by Gasteiger charge is -2.11. The summed E-state index contributed by atoms with van der Waals surface area (Å²) in [7, 11) is 0. The monoisotopic (exact) mass is 564 g/mol. The van der Waals surface area contributed by atoms with Gasteiger partial charge in [-0.3, -0.25) is 29.8 Å². The molecule has 2 aromatic carbocycles. The van der Waals surface area contributed by atoms with Crippen molar-refractivity contribution in [3.63, 3.8) is 0 Å². The molecule has 0 aliphatic rings. The molecule has 40 heavy (non-hydrogen) atoms. The van der Waals surface area contributed by atoms with Gasteiger partial charge in [-0.15, -0.1) is 0 Å². The quantitative estimate of drug-likeness (QED) is 0.194. The fourth-order valence-corrected chi connectivity index (χ4v) is 4.11. The van der Waals surface area contributed by atoms with Crippen molar-refractivity contribution < 1.29 is 26.3 Å². The first-order valence-electron chi connectivity index (χ1n) is 11.8. The van der Waals surface area contributed by atoms with Gasteiger partial charge in [0.05, 0.1) is 35.6 Å². The number of aryl methyl sites for hydroxylation is 2. The van der Waals surface area contributed by atoms with Gasteiger partial charge in [0.1, 0.15) is 0 Å². The minimum atomic E-state index is -5.09. The summed E-state index contributed by atoms with van der Waals surface area (Å²) >= 11 is 0. The van der Waals surface area contributed by atoms with Crippen molar-refractivity contribution in [1.29, 1.82) is 0 Å². The van der Waals surface area contributed by atoms with Crippen LogP contribution in [0.15, 0.2) is 80.2 Å². The van der Waals surface area contributed by atoms with Gasteiger partial charge in [0.2, 0.25) is 0 Å². The first-order chi connectivity index (χ1) is 18.8. The Morgan fingerprint density at radius 2 is 0.975 bits per heavy atom. The molecular weight excluding hydrogens is 542 g/mol. The molecule has 4 rings (SSSR count). The summed E-state index contributed by atoms with van der Waals surface area (Å²) in [6.45, 7) is 0.841. The van der Waals surface area contributed by atoms with Gasteiger partial charge in [-0.25, -0.2) is 9.36 Å². The molecular formula is C26H22F6N6O2. The van der Waals surface area contributed by atoms with Gasteiger partial charge < -0.3 is 0 Å². The second kappa shape index (κ2) is 10.9. The van der Waals surface area contributed by atoms with E-state index in [1.165, 1.54) is 38.1 Å². The molecule has 0 spiro atoms. The van der Waals surface area contributed by atoms with Crippen LogP contribution in [0.5, 0.6) is 0 Å². The van der Waals surface area contributed by atoms with Gasteiger partial charge in [-0.2, -0.15) is 26.3 Å². The lowest BCUT2D eigenvalue weighted by molar-refractivity contribution is -0.0594. The Balaban J connectivity index is 1.69. The minimum Gasteiger partial charge on any atom is -0.295 e. The number of nitrogens with one attached hydrogen (secondary N) is 2. The number of halogens is 6. The van der Waals surface area contributed by atoms with Crippen molar-refractivity contribution in [3.05, 3.63) is 104 Å². The van der Waals surface area contributed by atoms with E-state index in [-0.39, 0.29) is 22.8 Å². The Kier molecular flexibility index (Phi) is 7.71. The number of aromatic amines is 2. The topological polar surface area (TPSA) is 100 Å². The van der Waals surface area contributed by atoms with Gasteiger partial charge in [-0.1, -0.05) is 36.4 Å². The zero-order valence-electron chi connectivity index (χ0n) is 21.1. The predicted octanol–water partition coefficient (Wildman–Crippen LogP) is 4.66. The van der Waals surface area contributed by atoms with Crippen LogP contribution in [0.25, 0.3) is 11.4 Å². The summed E-state index contributed by atoms with van der Waals surface area (Å²) in [5, 5.41) is 5.13. The van der Waals surface area contributed by atoms with Crippen LogP contribution in [-0.2, 0) is 0 Å². The molecule has 2 aromatic heterocycles. The number of nitrogens with zero attached hydrogens (tertiary/aromatic N) is 4. The van der Waals surface area contributed by atoms with E-state index in [4.69, 9.17) is 0 Å². The Hall–Kier alpha value is -4.62. The van der Waals surface area contributed by atoms with Crippen LogP contribution in [0.2, 0.25) is 0 Å². The summed E-state index contributed by atoms with van der Waals surface area (Å²) in [6, 6.07) is 15.7. The van der Waals surface area contributed by atoms with E-state index in [9.17, 15) is 35.9 Å². The van der Waals surface area contributed by atoms with E-state index >= 15 is 0 Å². The maximum atomic E-state index is 13.9. The standard InChI is InChI=1S/C26H22F6N6O2/c1-15-19(23(39)37(35-15)17-9-5-3-6-10-17)21(25(27,28)29)33-13-14-34-22(26(30,31)32)20-16(2)36-38(24(20)40)18-11-7-4-8-12-18/h3-12,35-36H,13-14H2,1-2H3. The Bertz CT molecular complexity index is 1550. The van der Waals surface area contributed by atoms with Crippen LogP contribution in [0.3, 0.4) is 0 Å². The molecule has 0 aliphatic heterocycles. The van der Waals surface area contributed by atoms with Crippen molar-refractivity contribution in [3.8, 4) is 11.4 Å². The van der Waals surface area contributed by atoms with Crippen LogP contribution in [-0.4, -0.2) is 56.4 Å². The highest BCUT2D eigenvalue weighted by Crippen LogP contribution is 2.25. The second-order valence-electron chi connectivity index (χ2n) is 8.63. The fourth-order valence-electron chi connectivity index (χ4n) is 4.11. The van der Waals surface area contributed by atoms with Crippen molar-refractivity contribution in [2.75, 3.05) is 13.1 Å². The maximum Gasteiger partial charge on any atom is 0.433 e. The molecule has 0 fully saturated rings. The normalized spacial score (nSPS) is 13.2. The Morgan fingerprint density at radius 1 is 0.650 bits per heavy atom. The average Bonchev–Trinajstić information content (AvgIpc) is 3.35. The number of aromatic nitrogens is 4. The molecule has 0 unspecified atom stereocenters. The first-order valence-corrected chi connectivity index (χ1v) is 11.8. The van der Waals surface area contributed by atoms with Crippen LogP contribution in [0.4, 0.5) is 26.3 Å². The lowest BCUT2D eigenvalue weighted by atomic mass is 10.1. The van der Waals surface area contributed by atoms with Crippen molar-refractivity contribution >= 4 is 11.4 Å². The molecule has 0 atom stereocenters. The number of rotatable bonds is 7. The van der Waals surface area contributed by atoms with E-state index < -0.39 is 59.1 Å². The van der Waals surface area contributed by atoms with E-state index in [1.54, 1.807) is 36.4 Å². The van der Waals surface area contributed by atoms with Gasteiger partial charge in [0, 0.05) is 11.4 Å². The highest BCUT2D eigenvalue weighted by atomic mass is 19.4. The van der Waals surface area contributed by atoms with Crippen molar-refractivity contribution in [1.82, 2.24) is 19.6 Å². The van der Waals surface area contributed by atoms with E-state index in [0.29, 0.717) is 0 Å². The van der Waals surface area contributed by atoms with E-state index in [0.717, 1.165) is 9.36 Å². The third kappa shape index (κ3) is 5.70. The second-order valence-corrected chi connectivity index (χ2v) is 8.63. The summed E-state index contributed by atoms with van der Waals surface area (Å²) in [5.41, 5.74) is -6.36. The molecule has 0 saturated heterocycles. The molecule has 0 amide bonds. The molecule has 0 bridgehead atoms. The summed E-state index contributed by atoms with van der Waals surface area (Å²) in [5.74, 6) is 0. The molecule has 210 valence electrons. The zero-order chi connectivity index (χ0) is 29.2. The Labute approximate surface area is 222 Å². The van der Waals surface area contributed by atoms with E-state index in [2.05, 4.69) is 20.2 Å². The number of aliphatic imine (C=N–C) groups is 2. The lowest BCUT2D eigenvalue weighted by Crippen LogP contribution is -2.32. The third-order valence-corrected chi connectivity index (χ3v) is 5.82. The predicted molar refractivity (Wildman–Crippen MR) is 137 cm³/mol. The summed E-state index contributed by atoms with van der Waals surface area (Å²) < 4.78 is 85.4. The number of hydrogen-bond donors (Lipinski definition) is 2. The van der Waals surface area contributed by atoms with Gasteiger partial charge in [-0.05, 0) is 38.1 Å². The minimum absolute atomic E-state index is 0.131. The summed E-state index contributed by atoms with van der Waals surface area (Å²) in [4.78, 5) is 32.6. The molecule has 14 heteroatoms. The number of benzene rings is 2. The fraction of sp³-hybridized carbons (Fsp3) is 0.231. The van der Waals surface area contributed by atoms with E-state index in [1.807, 2.05) is 0 Å². The molecule has 0 saturated carbocycles. The third-order valence-electron chi connectivity index (χ3n) is 5.82. The van der Waals surface area contributed by atoms with Crippen LogP contribution < -0.4 is 11.1 Å².